The highest BCUT2D eigenvalue weighted by Gasteiger charge is 2.49. The molecular formula is C44H72N4O5. The van der Waals surface area contributed by atoms with Crippen LogP contribution in [0.1, 0.15) is 148 Å². The number of carbonyl (C=O) groups excluding carboxylic acids is 3. The third-order valence-electron chi connectivity index (χ3n) is 15.1. The van der Waals surface area contributed by atoms with E-state index >= 15 is 0 Å². The molecule has 0 aromatic carbocycles. The van der Waals surface area contributed by atoms with Gasteiger partial charge < -0.3 is 19.6 Å². The van der Waals surface area contributed by atoms with Crippen LogP contribution >= 0.6 is 0 Å². The molecule has 298 valence electrons. The third kappa shape index (κ3) is 9.78. The third-order valence-corrected chi connectivity index (χ3v) is 15.1. The second-order valence-corrected chi connectivity index (χ2v) is 18.2. The van der Waals surface area contributed by atoms with Gasteiger partial charge in [0.15, 0.2) is 0 Å². The molecule has 0 aromatic rings. The molecule has 4 aliphatic carbocycles. The molecule has 7 fully saturated rings. The zero-order valence-electron chi connectivity index (χ0n) is 33.1. The molecular weight excluding hydrogens is 665 g/mol. The lowest BCUT2D eigenvalue weighted by Crippen LogP contribution is -2.53. The van der Waals surface area contributed by atoms with Crippen LogP contribution < -0.4 is 5.32 Å². The molecule has 7 aliphatic rings. The summed E-state index contributed by atoms with van der Waals surface area (Å²) in [4.78, 5) is 44.4. The van der Waals surface area contributed by atoms with E-state index in [4.69, 9.17) is 4.74 Å². The average Bonchev–Trinajstić information content (AvgIpc) is 3.51. The molecule has 7 rings (SSSR count). The number of imide groups is 1. The number of hydrogen-bond acceptors (Lipinski definition) is 7. The summed E-state index contributed by atoms with van der Waals surface area (Å²) >= 11 is 0. The average molecular weight is 737 g/mol. The Balaban J connectivity index is 0.773. The lowest BCUT2D eigenvalue weighted by molar-refractivity contribution is -0.144. The fraction of sp³-hybridized carbons (Fsp3) is 0.886. The van der Waals surface area contributed by atoms with Crippen molar-refractivity contribution in [1.29, 1.82) is 0 Å². The summed E-state index contributed by atoms with van der Waals surface area (Å²) < 4.78 is 6.51. The normalized spacial score (nSPS) is 36.0. The van der Waals surface area contributed by atoms with Gasteiger partial charge in [0.1, 0.15) is 6.04 Å². The van der Waals surface area contributed by atoms with Crippen LogP contribution in [0.5, 0.6) is 0 Å². The van der Waals surface area contributed by atoms with Crippen molar-refractivity contribution in [2.45, 2.75) is 172 Å². The minimum absolute atomic E-state index is 0.0507. The highest BCUT2D eigenvalue weighted by atomic mass is 16.5. The van der Waals surface area contributed by atoms with E-state index in [2.05, 4.69) is 22.0 Å². The number of carbonyl (C=O) groups is 3. The molecule has 3 aliphatic heterocycles. The van der Waals surface area contributed by atoms with Crippen LogP contribution in [0.15, 0.2) is 11.1 Å². The number of likely N-dealkylation sites (tertiary alicyclic amines) is 1. The number of nitrogens with zero attached hydrogens (tertiary/aromatic N) is 3. The monoisotopic (exact) mass is 737 g/mol. The van der Waals surface area contributed by atoms with Crippen LogP contribution in [0.25, 0.3) is 0 Å². The van der Waals surface area contributed by atoms with E-state index in [-0.39, 0.29) is 29.7 Å². The fourth-order valence-electron chi connectivity index (χ4n) is 12.1. The molecule has 0 bridgehead atoms. The van der Waals surface area contributed by atoms with Gasteiger partial charge in [-0.1, -0.05) is 37.3 Å². The van der Waals surface area contributed by atoms with Crippen molar-refractivity contribution >= 4 is 17.7 Å². The van der Waals surface area contributed by atoms with Crippen LogP contribution in [-0.2, 0) is 19.1 Å². The number of unbranched alkanes of at least 4 members (excludes halogenated alkanes) is 2. The molecule has 3 heterocycles. The number of aliphatic hydroxyl groups excluding tert-OH is 1. The molecule has 3 amide bonds. The van der Waals surface area contributed by atoms with E-state index in [1.54, 1.807) is 4.90 Å². The Hall–Kier alpha value is -1.81. The van der Waals surface area contributed by atoms with Gasteiger partial charge in [-0.15, -0.1) is 0 Å². The Labute approximate surface area is 320 Å². The molecule has 3 saturated heterocycles. The Morgan fingerprint density at radius 3 is 2.19 bits per heavy atom. The lowest BCUT2D eigenvalue weighted by Gasteiger charge is -2.42. The van der Waals surface area contributed by atoms with E-state index in [1.165, 1.54) is 96.4 Å². The smallest absolute Gasteiger partial charge is 0.249 e. The topological polar surface area (TPSA) is 102 Å². The minimum Gasteiger partial charge on any atom is -0.393 e. The second kappa shape index (κ2) is 18.9. The summed E-state index contributed by atoms with van der Waals surface area (Å²) in [6, 6.07) is 0.0679. The quantitative estimate of drug-likeness (QED) is 0.125. The Morgan fingerprint density at radius 1 is 0.774 bits per heavy atom. The summed E-state index contributed by atoms with van der Waals surface area (Å²) in [6.07, 6.45) is 25.5. The van der Waals surface area contributed by atoms with E-state index in [9.17, 15) is 19.5 Å². The summed E-state index contributed by atoms with van der Waals surface area (Å²) in [6.45, 7) is 9.65. The molecule has 9 heteroatoms. The first-order chi connectivity index (χ1) is 25.9. The zero-order valence-corrected chi connectivity index (χ0v) is 33.1. The maximum Gasteiger partial charge on any atom is 0.249 e. The van der Waals surface area contributed by atoms with E-state index in [0.29, 0.717) is 43.4 Å². The van der Waals surface area contributed by atoms with Gasteiger partial charge in [-0.25, -0.2) is 0 Å². The molecule has 53 heavy (non-hydrogen) atoms. The largest absolute Gasteiger partial charge is 0.393 e. The maximum atomic E-state index is 13.2. The summed E-state index contributed by atoms with van der Waals surface area (Å²) in [7, 11) is 0. The second-order valence-electron chi connectivity index (χ2n) is 18.2. The lowest BCUT2D eigenvalue weighted by atomic mass is 9.68. The van der Waals surface area contributed by atoms with Gasteiger partial charge in [-0.2, -0.15) is 0 Å². The number of amides is 3. The fourth-order valence-corrected chi connectivity index (χ4v) is 12.1. The predicted molar refractivity (Wildman–Crippen MR) is 208 cm³/mol. The molecule has 0 aromatic heterocycles. The highest BCUT2D eigenvalue weighted by Crippen LogP contribution is 2.46. The number of ether oxygens (including phenoxy) is 1. The number of piperidine rings is 1. The van der Waals surface area contributed by atoms with Crippen LogP contribution in [0.2, 0.25) is 0 Å². The Kier molecular flexibility index (Phi) is 14.0. The molecule has 2 N–H and O–H groups in total. The number of hydrogen-bond donors (Lipinski definition) is 2. The first kappa shape index (κ1) is 39.4. The Morgan fingerprint density at radius 2 is 1.49 bits per heavy atom. The van der Waals surface area contributed by atoms with Gasteiger partial charge in [0, 0.05) is 57.7 Å². The van der Waals surface area contributed by atoms with Crippen molar-refractivity contribution in [2.24, 2.45) is 29.6 Å². The van der Waals surface area contributed by atoms with Crippen LogP contribution in [0.4, 0.5) is 0 Å². The van der Waals surface area contributed by atoms with Crippen LogP contribution in [0, 0.1) is 29.6 Å². The number of fused-ring (bicyclic) bond motifs is 1. The number of nitrogens with one attached hydrogen (secondary N) is 1. The molecule has 4 unspecified atom stereocenters. The minimum atomic E-state index is -0.469. The number of rotatable bonds is 13. The SMILES string of the molecule is CC/C(=C(\C1CCC(O)CC1)C1CCC(OCCCCCN2CCN(C3CCC4C(=O)N(C5CCC(=O)NC5=O)CC4C3)CC2)CC1)C1CCCCC1. The number of allylic oxidation sites excluding steroid dienone is 2. The highest BCUT2D eigenvalue weighted by molar-refractivity contribution is 6.02. The van der Waals surface area contributed by atoms with Crippen molar-refractivity contribution in [3.8, 4) is 0 Å². The van der Waals surface area contributed by atoms with E-state index in [1.807, 2.05) is 11.1 Å². The van der Waals surface area contributed by atoms with Gasteiger partial charge >= 0.3 is 0 Å². The predicted octanol–water partition coefficient (Wildman–Crippen LogP) is 6.62. The van der Waals surface area contributed by atoms with Crippen LogP contribution in [-0.4, -0.2) is 108 Å². The van der Waals surface area contributed by atoms with Gasteiger partial charge in [0.25, 0.3) is 0 Å². The van der Waals surface area contributed by atoms with Crippen molar-refractivity contribution < 1.29 is 24.2 Å². The number of piperazine rings is 1. The summed E-state index contributed by atoms with van der Waals surface area (Å²) in [5.41, 5.74) is 3.70. The van der Waals surface area contributed by atoms with Crippen molar-refractivity contribution in [2.75, 3.05) is 45.9 Å². The summed E-state index contributed by atoms with van der Waals surface area (Å²) in [5, 5.41) is 12.7. The summed E-state index contributed by atoms with van der Waals surface area (Å²) in [5.74, 6) is 2.27. The Bertz CT molecular complexity index is 1260. The standard InChI is InChI=1S/C44H72N4O5/c1-2-38(31-9-5-3-6-10-31)42(32-11-16-36(49)17-12-32)33-13-18-37(19-14-33)53-28-8-4-7-23-46-24-26-47(27-25-46)35-15-20-39-34(29-35)30-48(44(39)52)40-21-22-41(50)45-43(40)51/h31-37,39-40,49H,2-30H2,1H3,(H,45,50,51)/b42-38-. The molecule has 4 atom stereocenters. The first-order valence-electron chi connectivity index (χ1n) is 22.5. The zero-order chi connectivity index (χ0) is 36.7. The molecule has 0 spiro atoms. The van der Waals surface area contributed by atoms with Gasteiger partial charge in [0.05, 0.1) is 12.2 Å². The molecule has 9 nitrogen and oxygen atoms in total. The van der Waals surface area contributed by atoms with Crippen molar-refractivity contribution in [3.63, 3.8) is 0 Å². The van der Waals surface area contributed by atoms with E-state index in [0.717, 1.165) is 83.1 Å². The number of aliphatic hydroxyl groups is 1. The van der Waals surface area contributed by atoms with Gasteiger partial charge in [0.2, 0.25) is 17.7 Å². The van der Waals surface area contributed by atoms with Crippen molar-refractivity contribution in [1.82, 2.24) is 20.0 Å². The van der Waals surface area contributed by atoms with Crippen LogP contribution in [0.3, 0.4) is 0 Å². The maximum absolute atomic E-state index is 13.2. The first-order valence-corrected chi connectivity index (χ1v) is 22.5. The molecule has 0 radical (unpaired) electrons. The molecule has 4 saturated carbocycles. The van der Waals surface area contributed by atoms with E-state index < -0.39 is 6.04 Å². The van der Waals surface area contributed by atoms with Gasteiger partial charge in [-0.3, -0.25) is 24.6 Å². The van der Waals surface area contributed by atoms with Gasteiger partial charge in [-0.05, 0) is 146 Å². The van der Waals surface area contributed by atoms with Crippen molar-refractivity contribution in [3.05, 3.63) is 11.1 Å².